The molecule has 0 spiro atoms. The number of aromatic hydroxyl groups is 1. The summed E-state index contributed by atoms with van der Waals surface area (Å²) in [5, 5.41) is 10.2. The second kappa shape index (κ2) is 7.07. The van der Waals surface area contributed by atoms with Crippen LogP contribution in [-0.4, -0.2) is 22.2 Å². The second-order valence-electron chi connectivity index (χ2n) is 6.63. The van der Waals surface area contributed by atoms with E-state index < -0.39 is 11.2 Å². The lowest BCUT2D eigenvalue weighted by atomic mass is 10.1. The van der Waals surface area contributed by atoms with E-state index in [1.165, 1.54) is 6.07 Å². The van der Waals surface area contributed by atoms with Crippen LogP contribution in [0.25, 0.3) is 22.7 Å². The van der Waals surface area contributed by atoms with Crippen molar-refractivity contribution < 1.29 is 14.3 Å². The van der Waals surface area contributed by atoms with Crippen LogP contribution >= 0.6 is 0 Å². The van der Waals surface area contributed by atoms with Gasteiger partial charge in [-0.15, -0.1) is 0 Å². The fraction of sp³-hybridized carbons (Fsp3) is 0.300. The zero-order valence-corrected chi connectivity index (χ0v) is 15.3. The standard InChI is InChI=1S/C20H22N2O4/c1-11(2)9-16-21-17(13-5-7-14(25-4)8-6-13)18(22-16)20-19(24)15(23)10-12(3)26-20/h5-8,10-11,24H,9H2,1-4H3,(H,21,22). The van der Waals surface area contributed by atoms with Crippen LogP contribution in [0.15, 0.2) is 39.5 Å². The molecular formula is C20H22N2O4. The summed E-state index contributed by atoms with van der Waals surface area (Å²) in [5.74, 6) is 2.00. The van der Waals surface area contributed by atoms with Crippen molar-refractivity contribution in [2.24, 2.45) is 5.92 Å². The van der Waals surface area contributed by atoms with Crippen LogP contribution in [0.5, 0.6) is 11.5 Å². The summed E-state index contributed by atoms with van der Waals surface area (Å²) in [4.78, 5) is 19.9. The molecule has 6 nitrogen and oxygen atoms in total. The number of imidazole rings is 1. The molecule has 0 saturated carbocycles. The molecule has 26 heavy (non-hydrogen) atoms. The van der Waals surface area contributed by atoms with Gasteiger partial charge in [0.05, 0.1) is 12.8 Å². The zero-order valence-electron chi connectivity index (χ0n) is 15.3. The van der Waals surface area contributed by atoms with Crippen LogP contribution in [0.1, 0.15) is 25.4 Å². The molecule has 2 heterocycles. The average molecular weight is 354 g/mol. The van der Waals surface area contributed by atoms with Gasteiger partial charge in [0.25, 0.3) is 0 Å². The smallest absolute Gasteiger partial charge is 0.227 e. The number of rotatable bonds is 5. The molecular weight excluding hydrogens is 332 g/mol. The molecule has 0 aliphatic heterocycles. The summed E-state index contributed by atoms with van der Waals surface area (Å²) >= 11 is 0. The first-order chi connectivity index (χ1) is 12.4. The van der Waals surface area contributed by atoms with Crippen LogP contribution < -0.4 is 10.2 Å². The Labute approximate surface area is 151 Å². The molecule has 0 unspecified atom stereocenters. The molecule has 3 rings (SSSR count). The lowest BCUT2D eigenvalue weighted by Crippen LogP contribution is -2.01. The number of nitrogens with one attached hydrogen (secondary N) is 1. The van der Waals surface area contributed by atoms with E-state index in [-0.39, 0.29) is 5.76 Å². The predicted molar refractivity (Wildman–Crippen MR) is 99.5 cm³/mol. The van der Waals surface area contributed by atoms with Crippen LogP contribution in [0.4, 0.5) is 0 Å². The summed E-state index contributed by atoms with van der Waals surface area (Å²) in [6.45, 7) is 5.86. The van der Waals surface area contributed by atoms with Gasteiger partial charge in [0.2, 0.25) is 11.2 Å². The zero-order chi connectivity index (χ0) is 18.8. The normalized spacial score (nSPS) is 11.1. The third-order valence-corrected chi connectivity index (χ3v) is 3.99. The van der Waals surface area contributed by atoms with E-state index in [0.29, 0.717) is 23.1 Å². The van der Waals surface area contributed by atoms with Crippen molar-refractivity contribution in [2.45, 2.75) is 27.2 Å². The Kier molecular flexibility index (Phi) is 4.84. The lowest BCUT2D eigenvalue weighted by Gasteiger charge is -2.06. The third-order valence-electron chi connectivity index (χ3n) is 3.99. The fourth-order valence-electron chi connectivity index (χ4n) is 2.80. The minimum absolute atomic E-state index is 0.100. The van der Waals surface area contributed by atoms with Gasteiger partial charge in [-0.1, -0.05) is 13.8 Å². The third kappa shape index (κ3) is 3.49. The van der Waals surface area contributed by atoms with Gasteiger partial charge < -0.3 is 19.2 Å². The molecule has 0 bridgehead atoms. The maximum atomic E-state index is 12.0. The highest BCUT2D eigenvalue weighted by Crippen LogP contribution is 2.35. The molecule has 0 fully saturated rings. The topological polar surface area (TPSA) is 88.4 Å². The van der Waals surface area contributed by atoms with Crippen molar-refractivity contribution in [1.82, 2.24) is 9.97 Å². The van der Waals surface area contributed by atoms with Crippen molar-refractivity contribution >= 4 is 0 Å². The summed E-state index contributed by atoms with van der Waals surface area (Å²) < 4.78 is 10.9. The molecule has 0 amide bonds. The summed E-state index contributed by atoms with van der Waals surface area (Å²) in [6.07, 6.45) is 0.736. The molecule has 3 aromatic rings. The second-order valence-corrected chi connectivity index (χ2v) is 6.63. The molecule has 2 aromatic heterocycles. The maximum absolute atomic E-state index is 12.0. The molecule has 0 radical (unpaired) electrons. The van der Waals surface area contributed by atoms with E-state index in [9.17, 15) is 9.90 Å². The number of hydrogen-bond donors (Lipinski definition) is 2. The largest absolute Gasteiger partial charge is 0.501 e. The molecule has 1 aromatic carbocycles. The molecule has 0 aliphatic carbocycles. The Morgan fingerprint density at radius 2 is 1.96 bits per heavy atom. The van der Waals surface area contributed by atoms with Crippen molar-refractivity contribution in [3.8, 4) is 34.2 Å². The van der Waals surface area contributed by atoms with E-state index in [4.69, 9.17) is 9.15 Å². The number of aromatic nitrogens is 2. The van der Waals surface area contributed by atoms with E-state index in [1.54, 1.807) is 14.0 Å². The van der Waals surface area contributed by atoms with Gasteiger partial charge in [-0.3, -0.25) is 4.79 Å². The first kappa shape index (κ1) is 17.8. The van der Waals surface area contributed by atoms with Gasteiger partial charge in [-0.05, 0) is 37.1 Å². The van der Waals surface area contributed by atoms with Crippen LogP contribution in [0.2, 0.25) is 0 Å². The van der Waals surface area contributed by atoms with Gasteiger partial charge >= 0.3 is 0 Å². The first-order valence-electron chi connectivity index (χ1n) is 8.46. The monoisotopic (exact) mass is 354 g/mol. The number of aromatic amines is 1. The Bertz CT molecular complexity index is 968. The van der Waals surface area contributed by atoms with Crippen LogP contribution in [0.3, 0.4) is 0 Å². The Morgan fingerprint density at radius 1 is 1.27 bits per heavy atom. The minimum atomic E-state index is -0.482. The number of hydrogen-bond acceptors (Lipinski definition) is 5. The van der Waals surface area contributed by atoms with Crippen LogP contribution in [0, 0.1) is 12.8 Å². The highest BCUT2D eigenvalue weighted by Gasteiger charge is 2.21. The molecule has 0 aliphatic rings. The lowest BCUT2D eigenvalue weighted by molar-refractivity contribution is 0.415. The SMILES string of the molecule is COc1ccc(-c2nc(CC(C)C)[nH]c2-c2oc(C)cc(=O)c2O)cc1. The maximum Gasteiger partial charge on any atom is 0.227 e. The molecule has 0 saturated heterocycles. The van der Waals surface area contributed by atoms with Gasteiger partial charge in [0.15, 0.2) is 5.76 Å². The van der Waals surface area contributed by atoms with Crippen LogP contribution in [-0.2, 0) is 6.42 Å². The highest BCUT2D eigenvalue weighted by molar-refractivity contribution is 5.78. The van der Waals surface area contributed by atoms with Crippen molar-refractivity contribution in [3.63, 3.8) is 0 Å². The number of H-pyrrole nitrogens is 1. The summed E-state index contributed by atoms with van der Waals surface area (Å²) in [6, 6.07) is 8.69. The van der Waals surface area contributed by atoms with E-state index >= 15 is 0 Å². The van der Waals surface area contributed by atoms with Crippen molar-refractivity contribution in [1.29, 1.82) is 0 Å². The van der Waals surface area contributed by atoms with Gasteiger partial charge in [-0.25, -0.2) is 4.98 Å². The molecule has 2 N–H and O–H groups in total. The quantitative estimate of drug-likeness (QED) is 0.725. The fourth-order valence-corrected chi connectivity index (χ4v) is 2.80. The van der Waals surface area contributed by atoms with E-state index in [1.807, 2.05) is 24.3 Å². The Morgan fingerprint density at radius 3 is 2.58 bits per heavy atom. The summed E-state index contributed by atoms with van der Waals surface area (Å²) in [5.41, 5.74) is 1.46. The van der Waals surface area contributed by atoms with E-state index in [2.05, 4.69) is 23.8 Å². The molecule has 136 valence electrons. The van der Waals surface area contributed by atoms with Gasteiger partial charge in [0.1, 0.15) is 23.0 Å². The Balaban J connectivity index is 2.20. The molecule has 6 heteroatoms. The first-order valence-corrected chi connectivity index (χ1v) is 8.46. The minimum Gasteiger partial charge on any atom is -0.501 e. The highest BCUT2D eigenvalue weighted by atomic mass is 16.5. The van der Waals surface area contributed by atoms with Gasteiger partial charge in [-0.2, -0.15) is 0 Å². The van der Waals surface area contributed by atoms with Crippen molar-refractivity contribution in [3.05, 3.63) is 52.1 Å². The van der Waals surface area contributed by atoms with Crippen molar-refractivity contribution in [2.75, 3.05) is 7.11 Å². The number of nitrogens with zero attached hydrogens (tertiary/aromatic N) is 1. The number of methoxy groups -OCH3 is 1. The Hall–Kier alpha value is -3.02. The summed E-state index contributed by atoms with van der Waals surface area (Å²) in [7, 11) is 1.61. The van der Waals surface area contributed by atoms with Gasteiger partial charge in [0, 0.05) is 18.1 Å². The average Bonchev–Trinajstić information content (AvgIpc) is 3.01. The number of ether oxygens (including phenoxy) is 1. The number of aryl methyl sites for hydroxylation is 1. The predicted octanol–water partition coefficient (Wildman–Crippen LogP) is 3.92. The number of benzene rings is 1. The molecule has 0 atom stereocenters. The van der Waals surface area contributed by atoms with E-state index in [0.717, 1.165) is 23.6 Å².